The van der Waals surface area contributed by atoms with E-state index in [0.717, 1.165) is 7.11 Å². The summed E-state index contributed by atoms with van der Waals surface area (Å²) in [5.74, 6) is -10.8. The van der Waals surface area contributed by atoms with E-state index in [1.165, 1.54) is 12.1 Å². The predicted octanol–water partition coefficient (Wildman–Crippen LogP) is 4.63. The third-order valence-corrected chi connectivity index (χ3v) is 4.50. The maximum atomic E-state index is 14.1. The molecular formula is C22H15F4N3O3S. The van der Waals surface area contributed by atoms with Crippen LogP contribution in [-0.4, -0.2) is 24.0 Å². The van der Waals surface area contributed by atoms with Gasteiger partial charge in [-0.3, -0.25) is 14.9 Å². The van der Waals surface area contributed by atoms with Crippen molar-refractivity contribution in [2.45, 2.75) is 0 Å². The summed E-state index contributed by atoms with van der Waals surface area (Å²) in [6, 6.07) is 14.6. The summed E-state index contributed by atoms with van der Waals surface area (Å²) in [5.41, 5.74) is -0.376. The molecular weight excluding hydrogens is 462 g/mol. The molecule has 33 heavy (non-hydrogen) atoms. The molecule has 0 unspecified atom stereocenters. The van der Waals surface area contributed by atoms with Gasteiger partial charge in [0, 0.05) is 16.9 Å². The van der Waals surface area contributed by atoms with Crippen LogP contribution >= 0.6 is 12.2 Å². The molecule has 3 aromatic carbocycles. The minimum absolute atomic E-state index is 0.305. The monoisotopic (exact) mass is 477 g/mol. The number of anilines is 2. The van der Waals surface area contributed by atoms with Crippen LogP contribution in [0.2, 0.25) is 0 Å². The van der Waals surface area contributed by atoms with Crippen LogP contribution in [-0.2, 0) is 0 Å². The Labute approximate surface area is 190 Å². The molecule has 0 aliphatic rings. The topological polar surface area (TPSA) is 79.5 Å². The molecule has 0 fully saturated rings. The van der Waals surface area contributed by atoms with Crippen molar-refractivity contribution in [3.63, 3.8) is 0 Å². The van der Waals surface area contributed by atoms with Crippen LogP contribution in [0.4, 0.5) is 28.9 Å². The molecule has 3 rings (SSSR count). The number of hydrogen-bond donors (Lipinski definition) is 3. The van der Waals surface area contributed by atoms with Crippen LogP contribution in [0.1, 0.15) is 20.7 Å². The Bertz CT molecular complexity index is 1210. The lowest BCUT2D eigenvalue weighted by Crippen LogP contribution is -2.35. The van der Waals surface area contributed by atoms with E-state index < -0.39 is 45.6 Å². The van der Waals surface area contributed by atoms with E-state index >= 15 is 0 Å². The molecule has 0 aliphatic heterocycles. The van der Waals surface area contributed by atoms with E-state index in [1.807, 2.05) is 5.32 Å². The number of carbonyl (C=O) groups is 2. The minimum Gasteiger partial charge on any atom is -0.491 e. The molecule has 0 saturated carbocycles. The normalized spacial score (nSPS) is 10.3. The molecule has 6 nitrogen and oxygen atoms in total. The van der Waals surface area contributed by atoms with E-state index in [9.17, 15) is 27.2 Å². The standard InChI is InChI=1S/C22H15F4N3O3S/c1-32-19-17(25)15(23)14(16(24)18(19)26)21(31)29-22(33)28-13-9-5-8-12(10-13)27-20(30)11-6-3-2-4-7-11/h2-10H,1H3,(H,27,30)(H2,28,29,31,33). The van der Waals surface area contributed by atoms with Gasteiger partial charge in [0.15, 0.2) is 22.5 Å². The fourth-order valence-electron chi connectivity index (χ4n) is 2.79. The van der Waals surface area contributed by atoms with Crippen molar-refractivity contribution in [1.29, 1.82) is 0 Å². The van der Waals surface area contributed by atoms with E-state index in [1.54, 1.807) is 42.5 Å². The van der Waals surface area contributed by atoms with Crippen molar-refractivity contribution in [2.75, 3.05) is 17.7 Å². The van der Waals surface area contributed by atoms with Gasteiger partial charge in [0.1, 0.15) is 5.56 Å². The lowest BCUT2D eigenvalue weighted by atomic mass is 10.1. The number of halogens is 4. The van der Waals surface area contributed by atoms with E-state index in [0.29, 0.717) is 16.9 Å². The molecule has 3 N–H and O–H groups in total. The molecule has 0 spiro atoms. The van der Waals surface area contributed by atoms with Crippen LogP contribution in [0, 0.1) is 23.3 Å². The Kier molecular flexibility index (Phi) is 7.23. The molecule has 0 heterocycles. The number of methoxy groups -OCH3 is 1. The van der Waals surface area contributed by atoms with Gasteiger partial charge in [-0.2, -0.15) is 8.78 Å². The van der Waals surface area contributed by atoms with Gasteiger partial charge >= 0.3 is 0 Å². The second kappa shape index (κ2) is 10.1. The molecule has 0 radical (unpaired) electrons. The number of amides is 2. The summed E-state index contributed by atoms with van der Waals surface area (Å²) in [7, 11) is 0.815. The molecule has 0 saturated heterocycles. The maximum absolute atomic E-state index is 14.1. The summed E-state index contributed by atoms with van der Waals surface area (Å²) in [6.45, 7) is 0. The molecule has 11 heteroatoms. The highest BCUT2D eigenvalue weighted by Crippen LogP contribution is 2.29. The van der Waals surface area contributed by atoms with Crippen molar-refractivity contribution in [3.8, 4) is 5.75 Å². The summed E-state index contributed by atoms with van der Waals surface area (Å²) >= 11 is 4.93. The van der Waals surface area contributed by atoms with E-state index in [-0.39, 0.29) is 5.91 Å². The number of carbonyl (C=O) groups excluding carboxylic acids is 2. The van der Waals surface area contributed by atoms with Crippen LogP contribution < -0.4 is 20.7 Å². The molecule has 2 amide bonds. The van der Waals surface area contributed by atoms with E-state index in [4.69, 9.17) is 12.2 Å². The Morgan fingerprint density at radius 3 is 1.94 bits per heavy atom. The van der Waals surface area contributed by atoms with Gasteiger partial charge < -0.3 is 15.4 Å². The van der Waals surface area contributed by atoms with Gasteiger partial charge in [0.25, 0.3) is 11.8 Å². The number of nitrogens with one attached hydrogen (secondary N) is 3. The maximum Gasteiger partial charge on any atom is 0.263 e. The average molecular weight is 477 g/mol. The third kappa shape index (κ3) is 5.26. The third-order valence-electron chi connectivity index (χ3n) is 4.30. The van der Waals surface area contributed by atoms with Crippen LogP contribution in [0.3, 0.4) is 0 Å². The van der Waals surface area contributed by atoms with Gasteiger partial charge in [0.05, 0.1) is 7.11 Å². The fourth-order valence-corrected chi connectivity index (χ4v) is 3.00. The van der Waals surface area contributed by atoms with Crippen LogP contribution in [0.15, 0.2) is 54.6 Å². The first kappa shape index (κ1) is 23.7. The first-order chi connectivity index (χ1) is 15.7. The molecule has 3 aromatic rings. The quantitative estimate of drug-likeness (QED) is 0.284. The van der Waals surface area contributed by atoms with Gasteiger partial charge in [-0.15, -0.1) is 0 Å². The van der Waals surface area contributed by atoms with Gasteiger partial charge in [0.2, 0.25) is 11.6 Å². The minimum atomic E-state index is -1.93. The van der Waals surface area contributed by atoms with Crippen molar-refractivity contribution in [1.82, 2.24) is 5.32 Å². The predicted molar refractivity (Wildman–Crippen MR) is 117 cm³/mol. The highest BCUT2D eigenvalue weighted by molar-refractivity contribution is 7.80. The van der Waals surface area contributed by atoms with Crippen molar-refractivity contribution in [2.24, 2.45) is 0 Å². The van der Waals surface area contributed by atoms with E-state index in [2.05, 4.69) is 15.4 Å². The Hall–Kier alpha value is -3.99. The summed E-state index contributed by atoms with van der Waals surface area (Å²) in [6.07, 6.45) is 0. The Morgan fingerprint density at radius 1 is 0.788 bits per heavy atom. The smallest absolute Gasteiger partial charge is 0.263 e. The zero-order valence-electron chi connectivity index (χ0n) is 16.8. The van der Waals surface area contributed by atoms with Crippen molar-refractivity contribution >= 4 is 40.5 Å². The molecule has 0 aromatic heterocycles. The number of ether oxygens (including phenoxy) is 1. The lowest BCUT2D eigenvalue weighted by molar-refractivity contribution is 0.0965. The average Bonchev–Trinajstić information content (AvgIpc) is 2.79. The highest BCUT2D eigenvalue weighted by atomic mass is 32.1. The Balaban J connectivity index is 1.71. The second-order valence-electron chi connectivity index (χ2n) is 6.47. The zero-order chi connectivity index (χ0) is 24.1. The number of thiocarbonyl (C=S) groups is 1. The van der Waals surface area contributed by atoms with Gasteiger partial charge in [-0.1, -0.05) is 24.3 Å². The fraction of sp³-hybridized carbons (Fsp3) is 0.0455. The van der Waals surface area contributed by atoms with Crippen LogP contribution in [0.25, 0.3) is 0 Å². The Morgan fingerprint density at radius 2 is 1.36 bits per heavy atom. The summed E-state index contributed by atoms with van der Waals surface area (Å²) in [4.78, 5) is 24.5. The number of rotatable bonds is 5. The number of benzene rings is 3. The van der Waals surface area contributed by atoms with Crippen LogP contribution in [0.5, 0.6) is 5.75 Å². The second-order valence-corrected chi connectivity index (χ2v) is 6.88. The molecule has 170 valence electrons. The van der Waals surface area contributed by atoms with Gasteiger partial charge in [-0.05, 0) is 42.5 Å². The first-order valence-corrected chi connectivity index (χ1v) is 9.62. The zero-order valence-corrected chi connectivity index (χ0v) is 17.7. The molecule has 0 bridgehead atoms. The highest BCUT2D eigenvalue weighted by Gasteiger charge is 2.30. The van der Waals surface area contributed by atoms with Gasteiger partial charge in [-0.25, -0.2) is 8.78 Å². The molecule has 0 atom stereocenters. The summed E-state index contributed by atoms with van der Waals surface area (Å²) in [5, 5.41) is 6.78. The molecule has 0 aliphatic carbocycles. The van der Waals surface area contributed by atoms with Crippen molar-refractivity contribution in [3.05, 3.63) is 89.0 Å². The van der Waals surface area contributed by atoms with Crippen molar-refractivity contribution < 1.29 is 31.9 Å². The largest absolute Gasteiger partial charge is 0.491 e. The number of hydrogen-bond acceptors (Lipinski definition) is 4. The first-order valence-electron chi connectivity index (χ1n) is 9.21. The SMILES string of the molecule is COc1c(F)c(F)c(C(=O)NC(=S)Nc2cccc(NC(=O)c3ccccc3)c2)c(F)c1F. The summed E-state index contributed by atoms with van der Waals surface area (Å²) < 4.78 is 60.2. The lowest BCUT2D eigenvalue weighted by Gasteiger charge is -2.13.